The predicted molar refractivity (Wildman–Crippen MR) is 186 cm³/mol. The average Bonchev–Trinajstić information content (AvgIpc) is 3.25. The third-order valence-corrected chi connectivity index (χ3v) is 9.89. The summed E-state index contributed by atoms with van der Waals surface area (Å²) in [5.74, 6) is 0.353. The number of ether oxygens (including phenoxy) is 2. The van der Waals surface area contributed by atoms with E-state index in [4.69, 9.17) is 14.5 Å². The van der Waals surface area contributed by atoms with Gasteiger partial charge in [-0.15, -0.1) is 11.8 Å². The zero-order chi connectivity index (χ0) is 30.0. The molecule has 0 fully saturated rings. The maximum absolute atomic E-state index is 14.0. The Balaban J connectivity index is 1.57. The first kappa shape index (κ1) is 31.0. The molecule has 5 rings (SSSR count). The Labute approximate surface area is 279 Å². The number of esters is 1. The van der Waals surface area contributed by atoms with Gasteiger partial charge >= 0.3 is 5.97 Å². The molecule has 0 unspecified atom stereocenters. The minimum absolute atomic E-state index is 0.200. The van der Waals surface area contributed by atoms with Crippen LogP contribution in [0.15, 0.2) is 92.7 Å². The van der Waals surface area contributed by atoms with Crippen molar-refractivity contribution in [2.75, 3.05) is 6.26 Å². The number of halogens is 2. The van der Waals surface area contributed by atoms with E-state index in [1.54, 1.807) is 23.3 Å². The van der Waals surface area contributed by atoms with Crippen LogP contribution in [0.2, 0.25) is 0 Å². The largest absolute Gasteiger partial charge is 0.487 e. The van der Waals surface area contributed by atoms with Crippen LogP contribution in [-0.4, -0.2) is 22.9 Å². The van der Waals surface area contributed by atoms with Gasteiger partial charge < -0.3 is 9.47 Å². The van der Waals surface area contributed by atoms with E-state index < -0.39 is 12.0 Å². The highest BCUT2D eigenvalue weighted by atomic mass is 127. The van der Waals surface area contributed by atoms with Crippen LogP contribution in [0.5, 0.6) is 5.75 Å². The third kappa shape index (κ3) is 6.71. The lowest BCUT2D eigenvalue weighted by atomic mass is 9.96. The topological polar surface area (TPSA) is 69.9 Å². The zero-order valence-corrected chi connectivity index (χ0v) is 29.3. The molecule has 0 saturated heterocycles. The molecule has 3 aromatic carbocycles. The van der Waals surface area contributed by atoms with Crippen molar-refractivity contribution in [3.63, 3.8) is 0 Å². The molecule has 1 aromatic heterocycles. The van der Waals surface area contributed by atoms with Gasteiger partial charge in [0.1, 0.15) is 12.4 Å². The van der Waals surface area contributed by atoms with Gasteiger partial charge in [-0.3, -0.25) is 9.36 Å². The van der Waals surface area contributed by atoms with Crippen LogP contribution in [-0.2, 0) is 16.1 Å². The van der Waals surface area contributed by atoms with Crippen molar-refractivity contribution in [1.29, 1.82) is 0 Å². The fraction of sp³-hybridized carbons (Fsp3) is 0.219. The third-order valence-electron chi connectivity index (χ3n) is 6.56. The van der Waals surface area contributed by atoms with Gasteiger partial charge in [0, 0.05) is 4.90 Å². The van der Waals surface area contributed by atoms with Gasteiger partial charge in [-0.25, -0.2) is 9.79 Å². The molecule has 0 amide bonds. The van der Waals surface area contributed by atoms with E-state index >= 15 is 0 Å². The average molecular weight is 823 g/mol. The SMILES string of the molecule is CSc1ccc([C@H]2C(C(=O)OC(C)C)=C(C)N=c3s/c(=C\c4cc(I)c(OCc5ccccc5)c(I)c4)c(=O)n32)cc1. The van der Waals surface area contributed by atoms with E-state index in [9.17, 15) is 9.59 Å². The number of aromatic nitrogens is 1. The number of hydrogen-bond donors (Lipinski definition) is 0. The lowest BCUT2D eigenvalue weighted by Gasteiger charge is -2.25. The molecule has 0 N–H and O–H groups in total. The molecular weight excluding hydrogens is 794 g/mol. The Bertz CT molecular complexity index is 1820. The van der Waals surface area contributed by atoms with Gasteiger partial charge in [-0.05, 0) is 119 Å². The number of hydrogen-bond acceptors (Lipinski definition) is 7. The van der Waals surface area contributed by atoms with Crippen LogP contribution < -0.4 is 19.6 Å². The normalized spacial score (nSPS) is 15.0. The molecule has 6 nitrogen and oxygen atoms in total. The van der Waals surface area contributed by atoms with Crippen LogP contribution in [0.4, 0.5) is 0 Å². The minimum atomic E-state index is -0.639. The van der Waals surface area contributed by atoms with Gasteiger partial charge in [0.2, 0.25) is 0 Å². The summed E-state index contributed by atoms with van der Waals surface area (Å²) in [6.07, 6.45) is 3.60. The van der Waals surface area contributed by atoms with E-state index in [1.165, 1.54) is 11.3 Å². The summed E-state index contributed by atoms with van der Waals surface area (Å²) in [4.78, 5) is 33.7. The van der Waals surface area contributed by atoms with E-state index in [1.807, 2.05) is 92.9 Å². The number of thioether (sulfide) groups is 1. The molecule has 216 valence electrons. The second kappa shape index (κ2) is 13.5. The van der Waals surface area contributed by atoms with Gasteiger partial charge in [0.05, 0.1) is 35.1 Å². The van der Waals surface area contributed by atoms with Crippen LogP contribution in [0.1, 0.15) is 43.5 Å². The summed E-state index contributed by atoms with van der Waals surface area (Å²) in [7, 11) is 0. The van der Waals surface area contributed by atoms with Crippen molar-refractivity contribution in [1.82, 2.24) is 4.57 Å². The summed E-state index contributed by atoms with van der Waals surface area (Å²) in [5, 5.41) is 0. The molecule has 0 radical (unpaired) electrons. The fourth-order valence-electron chi connectivity index (χ4n) is 4.64. The lowest BCUT2D eigenvalue weighted by molar-refractivity contribution is -0.143. The standard InChI is InChI=1S/C32H28I2N2O4S2/c1-18(2)40-31(38)27-19(3)35-32-36(28(27)22-10-12-23(41-4)13-11-22)30(37)26(42-32)16-21-14-24(33)29(25(34)15-21)39-17-20-8-6-5-7-9-20/h5-16,18,28H,17H2,1-4H3/b26-16-/t28-/m0/s1. The van der Waals surface area contributed by atoms with Crippen molar-refractivity contribution in [2.24, 2.45) is 4.99 Å². The number of fused-ring (bicyclic) bond motifs is 1. The first-order valence-corrected chi connectivity index (χ1v) is 17.4. The number of benzene rings is 3. The predicted octanol–water partition coefficient (Wildman–Crippen LogP) is 6.70. The van der Waals surface area contributed by atoms with Gasteiger partial charge in [-0.1, -0.05) is 53.8 Å². The van der Waals surface area contributed by atoms with Crippen molar-refractivity contribution < 1.29 is 14.3 Å². The molecule has 1 atom stereocenters. The second-order valence-corrected chi connectivity index (χ2v) is 14.1. The highest BCUT2D eigenvalue weighted by Gasteiger charge is 2.33. The number of thiazole rings is 1. The molecule has 1 aliphatic rings. The van der Waals surface area contributed by atoms with E-state index in [2.05, 4.69) is 45.2 Å². The minimum Gasteiger partial charge on any atom is -0.487 e. The van der Waals surface area contributed by atoms with Gasteiger partial charge in [-0.2, -0.15) is 0 Å². The first-order valence-electron chi connectivity index (χ1n) is 13.2. The molecule has 10 heteroatoms. The van der Waals surface area contributed by atoms with E-state index in [-0.39, 0.29) is 11.7 Å². The highest BCUT2D eigenvalue weighted by Crippen LogP contribution is 2.33. The molecular formula is C32H28I2N2O4S2. The van der Waals surface area contributed by atoms with E-state index in [0.29, 0.717) is 27.2 Å². The van der Waals surface area contributed by atoms with Crippen LogP contribution in [0.25, 0.3) is 6.08 Å². The van der Waals surface area contributed by atoms with Crippen molar-refractivity contribution in [3.05, 3.63) is 122 Å². The maximum Gasteiger partial charge on any atom is 0.338 e. The molecule has 4 aromatic rings. The van der Waals surface area contributed by atoms with Gasteiger partial charge in [0.25, 0.3) is 5.56 Å². The Hall–Kier alpha value is -2.42. The smallest absolute Gasteiger partial charge is 0.338 e. The summed E-state index contributed by atoms with van der Waals surface area (Å²) in [5.41, 5.74) is 3.54. The number of carbonyl (C=O) groups is 1. The van der Waals surface area contributed by atoms with Crippen molar-refractivity contribution in [2.45, 2.75) is 44.4 Å². The zero-order valence-electron chi connectivity index (χ0n) is 23.4. The van der Waals surface area contributed by atoms with Crippen molar-refractivity contribution >= 4 is 80.3 Å². The fourth-order valence-corrected chi connectivity index (χ4v) is 8.23. The van der Waals surface area contributed by atoms with Gasteiger partial charge in [0.15, 0.2) is 4.80 Å². The summed E-state index contributed by atoms with van der Waals surface area (Å²) >= 11 is 7.50. The Kier molecular flexibility index (Phi) is 9.95. The molecule has 0 aliphatic carbocycles. The van der Waals surface area contributed by atoms with Crippen LogP contribution in [0, 0.1) is 7.14 Å². The maximum atomic E-state index is 14.0. The van der Waals surface area contributed by atoms with Crippen molar-refractivity contribution in [3.8, 4) is 5.75 Å². The number of nitrogens with zero attached hydrogens (tertiary/aromatic N) is 2. The van der Waals surface area contributed by atoms with Crippen LogP contribution >= 0.6 is 68.3 Å². The molecule has 0 spiro atoms. The summed E-state index contributed by atoms with van der Waals surface area (Å²) in [6, 6.07) is 21.4. The van der Waals surface area contributed by atoms with E-state index in [0.717, 1.165) is 34.5 Å². The monoisotopic (exact) mass is 822 g/mol. The summed E-state index contributed by atoms with van der Waals surface area (Å²) < 4.78 is 15.8. The Morgan fingerprint density at radius 3 is 2.38 bits per heavy atom. The second-order valence-electron chi connectivity index (χ2n) is 9.90. The number of rotatable bonds is 8. The van der Waals surface area contributed by atoms with Crippen LogP contribution in [0.3, 0.4) is 0 Å². The molecule has 0 saturated carbocycles. The summed E-state index contributed by atoms with van der Waals surface area (Å²) in [6.45, 7) is 5.90. The number of carbonyl (C=O) groups excluding carboxylic acids is 1. The Morgan fingerprint density at radius 1 is 1.10 bits per heavy atom. The molecule has 0 bridgehead atoms. The quantitative estimate of drug-likeness (QED) is 0.113. The number of allylic oxidation sites excluding steroid dienone is 1. The lowest BCUT2D eigenvalue weighted by Crippen LogP contribution is -2.40. The molecule has 42 heavy (non-hydrogen) atoms. The highest BCUT2D eigenvalue weighted by molar-refractivity contribution is 14.1. The Morgan fingerprint density at radius 2 is 1.76 bits per heavy atom. The molecule has 1 aliphatic heterocycles. The first-order chi connectivity index (χ1) is 20.2. The molecule has 2 heterocycles.